The van der Waals surface area contributed by atoms with Crippen molar-refractivity contribution in [1.29, 1.82) is 0 Å². The van der Waals surface area contributed by atoms with Gasteiger partial charge in [-0.25, -0.2) is 4.98 Å². The number of nitrogens with one attached hydrogen (secondary N) is 2. The number of hydrogen-bond donors (Lipinski definition) is 5. The normalized spacial score (nSPS) is 11.7. The number of nitrogens with zero attached hydrogens (tertiary/aromatic N) is 1. The van der Waals surface area contributed by atoms with Crippen molar-refractivity contribution < 1.29 is 5.11 Å². The molecule has 0 aliphatic rings. The molecule has 0 radical (unpaired) electrons. The summed E-state index contributed by atoms with van der Waals surface area (Å²) in [7, 11) is 0. The monoisotopic (exact) mass is 323 g/mol. The molecule has 0 aliphatic heterocycles. The fourth-order valence-electron chi connectivity index (χ4n) is 2.14. The van der Waals surface area contributed by atoms with Crippen LogP contribution in [-0.4, -0.2) is 39.8 Å². The van der Waals surface area contributed by atoms with Crippen LogP contribution in [0.3, 0.4) is 0 Å². The second kappa shape index (κ2) is 11.1. The van der Waals surface area contributed by atoms with Crippen LogP contribution in [0.15, 0.2) is 24.5 Å². The number of aliphatic hydroxyl groups excluding tert-OH is 1. The average molecular weight is 323 g/mol. The third kappa shape index (κ3) is 6.48. The number of thiocarbonyl (C=S) groups is 1. The molecule has 0 spiro atoms. The van der Waals surface area contributed by atoms with Gasteiger partial charge >= 0.3 is 0 Å². The lowest BCUT2D eigenvalue weighted by Crippen LogP contribution is -2.24. The maximum atomic E-state index is 8.82. The molecule has 2 rings (SSSR count). The number of H-pyrrole nitrogens is 1. The lowest BCUT2D eigenvalue weighted by Gasteiger charge is -2.08. The first-order valence-electron chi connectivity index (χ1n) is 7.36. The molecule has 0 amide bonds. The zero-order valence-electron chi connectivity index (χ0n) is 12.7. The minimum atomic E-state index is -0.0697. The van der Waals surface area contributed by atoms with Crippen molar-refractivity contribution >= 4 is 28.7 Å². The van der Waals surface area contributed by atoms with Gasteiger partial charge in [0.15, 0.2) is 0 Å². The number of aromatic amines is 1. The Morgan fingerprint density at radius 3 is 2.91 bits per heavy atom. The Labute approximate surface area is 136 Å². The van der Waals surface area contributed by atoms with E-state index in [0.29, 0.717) is 0 Å². The van der Waals surface area contributed by atoms with Gasteiger partial charge < -0.3 is 26.9 Å². The third-order valence-electron chi connectivity index (χ3n) is 3.28. The van der Waals surface area contributed by atoms with Gasteiger partial charge in [0.2, 0.25) is 0 Å². The van der Waals surface area contributed by atoms with Gasteiger partial charge in [-0.1, -0.05) is 18.6 Å². The first-order valence-corrected chi connectivity index (χ1v) is 7.83. The van der Waals surface area contributed by atoms with Crippen LogP contribution in [0.1, 0.15) is 24.8 Å². The average Bonchev–Trinajstić information content (AvgIpc) is 3.00. The van der Waals surface area contributed by atoms with E-state index >= 15 is 0 Å². The van der Waals surface area contributed by atoms with Gasteiger partial charge in [-0.3, -0.25) is 0 Å². The molecule has 1 atom stereocenters. The van der Waals surface area contributed by atoms with E-state index in [9.17, 15) is 0 Å². The third-order valence-corrected chi connectivity index (χ3v) is 3.28. The van der Waals surface area contributed by atoms with Crippen LogP contribution in [0.25, 0.3) is 11.0 Å². The van der Waals surface area contributed by atoms with Crippen molar-refractivity contribution in [2.24, 2.45) is 11.5 Å². The van der Waals surface area contributed by atoms with Crippen molar-refractivity contribution in [3.8, 4) is 0 Å². The summed E-state index contributed by atoms with van der Waals surface area (Å²) in [5, 5.41) is 13.4. The van der Waals surface area contributed by atoms with Crippen LogP contribution in [0.5, 0.6) is 0 Å². The summed E-state index contributed by atoms with van der Waals surface area (Å²) >= 11 is 4.05. The van der Waals surface area contributed by atoms with Gasteiger partial charge in [0.25, 0.3) is 0 Å². The standard InChI is InChI=1S/C14H22N4O.CH3NS/c15-12(10-19)3-1-2-6-16-9-11-4-7-17-14-13(11)5-8-18-14;2-1-3/h4-5,7-8,12,16,19H,1-3,6,9-10,15H2,(H,17,18);1H,(H2,2,3). The van der Waals surface area contributed by atoms with E-state index in [0.717, 1.165) is 43.5 Å². The van der Waals surface area contributed by atoms with Crippen LogP contribution in [0, 0.1) is 0 Å². The van der Waals surface area contributed by atoms with Crippen LogP contribution < -0.4 is 16.8 Å². The number of hydrogen-bond acceptors (Lipinski definition) is 5. The number of pyridine rings is 1. The zero-order valence-corrected chi connectivity index (χ0v) is 13.5. The first kappa shape index (κ1) is 18.5. The van der Waals surface area contributed by atoms with Crippen molar-refractivity contribution in [1.82, 2.24) is 15.3 Å². The molecular weight excluding hydrogens is 298 g/mol. The Balaban J connectivity index is 0.000000745. The van der Waals surface area contributed by atoms with E-state index in [1.165, 1.54) is 10.9 Å². The van der Waals surface area contributed by atoms with E-state index in [2.05, 4.69) is 39.3 Å². The molecule has 0 fully saturated rings. The van der Waals surface area contributed by atoms with E-state index in [4.69, 9.17) is 10.8 Å². The fourth-order valence-corrected chi connectivity index (χ4v) is 2.14. The summed E-state index contributed by atoms with van der Waals surface area (Å²) in [6, 6.07) is 4.03. The topological polar surface area (TPSA) is 113 Å². The molecule has 6 nitrogen and oxygen atoms in total. The van der Waals surface area contributed by atoms with Gasteiger partial charge in [-0.2, -0.15) is 0 Å². The van der Waals surface area contributed by atoms with Crippen LogP contribution in [0.4, 0.5) is 0 Å². The summed E-state index contributed by atoms with van der Waals surface area (Å²) in [6.07, 6.45) is 6.75. The Kier molecular flexibility index (Phi) is 9.33. The minimum Gasteiger partial charge on any atom is -0.396 e. The Bertz CT molecular complexity index is 545. The second-order valence-electron chi connectivity index (χ2n) is 4.96. The summed E-state index contributed by atoms with van der Waals surface area (Å²) < 4.78 is 0. The maximum absolute atomic E-state index is 8.82. The molecule has 7 heteroatoms. The van der Waals surface area contributed by atoms with Gasteiger partial charge in [0.1, 0.15) is 5.65 Å². The molecule has 2 aromatic rings. The summed E-state index contributed by atoms with van der Waals surface area (Å²) in [5.41, 5.74) is 13.5. The van der Waals surface area contributed by atoms with E-state index in [-0.39, 0.29) is 12.6 Å². The minimum absolute atomic E-state index is 0.0697. The van der Waals surface area contributed by atoms with E-state index < -0.39 is 0 Å². The van der Waals surface area contributed by atoms with E-state index in [1.807, 2.05) is 18.5 Å². The molecule has 7 N–H and O–H groups in total. The summed E-state index contributed by atoms with van der Waals surface area (Å²) in [6.45, 7) is 1.89. The molecule has 122 valence electrons. The number of aromatic nitrogens is 2. The second-order valence-corrected chi connectivity index (χ2v) is 5.23. The molecule has 0 aliphatic carbocycles. The van der Waals surface area contributed by atoms with Crippen LogP contribution in [-0.2, 0) is 6.54 Å². The first-order chi connectivity index (χ1) is 10.7. The quantitative estimate of drug-likeness (QED) is 0.366. The predicted octanol–water partition coefficient (Wildman–Crippen LogP) is 1.04. The Morgan fingerprint density at radius 2 is 2.18 bits per heavy atom. The van der Waals surface area contributed by atoms with Crippen LogP contribution in [0.2, 0.25) is 0 Å². The van der Waals surface area contributed by atoms with Gasteiger partial charge in [-0.05, 0) is 37.1 Å². The predicted molar refractivity (Wildman–Crippen MR) is 94.6 cm³/mol. The highest BCUT2D eigenvalue weighted by Crippen LogP contribution is 2.14. The highest BCUT2D eigenvalue weighted by Gasteiger charge is 2.02. The van der Waals surface area contributed by atoms with Gasteiger partial charge in [0, 0.05) is 30.4 Å². The summed E-state index contributed by atoms with van der Waals surface area (Å²) in [4.78, 5) is 7.38. The molecule has 0 saturated heterocycles. The lowest BCUT2D eigenvalue weighted by molar-refractivity contribution is 0.257. The van der Waals surface area contributed by atoms with Crippen molar-refractivity contribution in [2.75, 3.05) is 13.2 Å². The number of rotatable bonds is 8. The maximum Gasteiger partial charge on any atom is 0.137 e. The number of nitrogens with two attached hydrogens (primary N) is 2. The Morgan fingerprint density at radius 1 is 1.41 bits per heavy atom. The highest BCUT2D eigenvalue weighted by molar-refractivity contribution is 7.78. The number of unbranched alkanes of at least 4 members (excludes halogenated alkanes) is 1. The van der Waals surface area contributed by atoms with Gasteiger partial charge in [0.05, 0.1) is 12.1 Å². The molecule has 0 bridgehead atoms. The largest absolute Gasteiger partial charge is 0.396 e. The molecule has 22 heavy (non-hydrogen) atoms. The van der Waals surface area contributed by atoms with Gasteiger partial charge in [-0.15, -0.1) is 0 Å². The van der Waals surface area contributed by atoms with Crippen molar-refractivity contribution in [3.63, 3.8) is 0 Å². The van der Waals surface area contributed by atoms with Crippen LogP contribution >= 0.6 is 12.2 Å². The van der Waals surface area contributed by atoms with E-state index in [1.54, 1.807) is 0 Å². The molecule has 1 unspecified atom stereocenters. The SMILES string of the molecule is NC(CO)CCCCNCc1ccnc2[nH]ccc12.NC=S. The zero-order chi connectivity index (χ0) is 16.2. The number of aliphatic hydroxyl groups is 1. The molecule has 0 saturated carbocycles. The molecule has 2 heterocycles. The lowest BCUT2D eigenvalue weighted by atomic mass is 10.1. The summed E-state index contributed by atoms with van der Waals surface area (Å²) in [5.74, 6) is 0. The fraction of sp³-hybridized carbons (Fsp3) is 0.467. The Hall–Kier alpha value is -1.54. The molecule has 0 aromatic carbocycles. The van der Waals surface area contributed by atoms with Crippen molar-refractivity contribution in [2.45, 2.75) is 31.8 Å². The smallest absolute Gasteiger partial charge is 0.137 e. The molecular formula is C15H25N5OS. The highest BCUT2D eigenvalue weighted by atomic mass is 32.1. The number of fused-ring (bicyclic) bond motifs is 1. The van der Waals surface area contributed by atoms with Crippen molar-refractivity contribution in [3.05, 3.63) is 30.1 Å². The molecule has 2 aromatic heterocycles.